The molecule has 24 heavy (non-hydrogen) atoms. The van der Waals surface area contributed by atoms with Crippen LogP contribution in [0.4, 0.5) is 0 Å². The number of allylic oxidation sites excluding steroid dienone is 2. The zero-order valence-electron chi connectivity index (χ0n) is 14.6. The van der Waals surface area contributed by atoms with Gasteiger partial charge in [-0.3, -0.25) is 9.35 Å². The van der Waals surface area contributed by atoms with Crippen LogP contribution < -0.4 is 0 Å². The van der Waals surface area contributed by atoms with E-state index in [-0.39, 0.29) is 5.92 Å². The molecule has 0 spiro atoms. The number of nitrogens with zero attached hydrogens (tertiary/aromatic N) is 1. The molecule has 0 radical (unpaired) electrons. The Morgan fingerprint density at radius 2 is 1.92 bits per heavy atom. The van der Waals surface area contributed by atoms with Crippen LogP contribution in [0, 0.1) is 11.3 Å². The van der Waals surface area contributed by atoms with Crippen molar-refractivity contribution in [2.24, 2.45) is 11.3 Å². The van der Waals surface area contributed by atoms with E-state index >= 15 is 0 Å². The second-order valence-corrected chi connectivity index (χ2v) is 9.08. The van der Waals surface area contributed by atoms with Crippen molar-refractivity contribution in [1.82, 2.24) is 4.90 Å². The van der Waals surface area contributed by atoms with Crippen molar-refractivity contribution in [2.45, 2.75) is 39.2 Å². The fraction of sp³-hybridized carbons (Fsp3) is 0.706. The highest BCUT2D eigenvalue weighted by Crippen LogP contribution is 2.38. The first-order valence-corrected chi connectivity index (χ1v) is 9.90. The van der Waals surface area contributed by atoms with Crippen LogP contribution in [0.15, 0.2) is 24.3 Å². The summed E-state index contributed by atoms with van der Waals surface area (Å²) >= 11 is 0. The molecule has 0 amide bonds. The van der Waals surface area contributed by atoms with Crippen LogP contribution in [0.5, 0.6) is 0 Å². The third kappa shape index (κ3) is 4.91. The van der Waals surface area contributed by atoms with Gasteiger partial charge in [0.1, 0.15) is 11.0 Å². The molecular weight excluding hydrogens is 330 g/mol. The number of ether oxygens (including phenoxy) is 1. The van der Waals surface area contributed by atoms with Gasteiger partial charge in [0.05, 0.1) is 5.75 Å². The summed E-state index contributed by atoms with van der Waals surface area (Å²) in [6, 6.07) is 0. The molecule has 7 heteroatoms. The van der Waals surface area contributed by atoms with E-state index in [1.165, 1.54) is 0 Å². The topological polar surface area (TPSA) is 83.9 Å². The molecule has 2 aliphatic rings. The van der Waals surface area contributed by atoms with E-state index in [0.717, 1.165) is 25.9 Å². The minimum absolute atomic E-state index is 0.364. The van der Waals surface area contributed by atoms with Crippen molar-refractivity contribution in [2.75, 3.05) is 25.4 Å². The van der Waals surface area contributed by atoms with Gasteiger partial charge in [-0.15, -0.1) is 0 Å². The molecule has 0 aromatic heterocycles. The number of esters is 1. The Kier molecular flexibility index (Phi) is 5.57. The highest BCUT2D eigenvalue weighted by atomic mass is 32.2. The maximum Gasteiger partial charge on any atom is 0.318 e. The first kappa shape index (κ1) is 19.1. The van der Waals surface area contributed by atoms with Crippen LogP contribution in [0.25, 0.3) is 0 Å². The first-order chi connectivity index (χ1) is 11.0. The summed E-state index contributed by atoms with van der Waals surface area (Å²) in [6.45, 7) is 7.65. The average Bonchev–Trinajstić information content (AvgIpc) is 2.90. The van der Waals surface area contributed by atoms with Crippen molar-refractivity contribution in [3.8, 4) is 0 Å². The summed E-state index contributed by atoms with van der Waals surface area (Å²) in [5.41, 5.74) is -2.14. The molecule has 6 nitrogen and oxygen atoms in total. The predicted molar refractivity (Wildman–Crippen MR) is 92.1 cm³/mol. The van der Waals surface area contributed by atoms with Crippen LogP contribution in [0.3, 0.4) is 0 Å². The smallest absolute Gasteiger partial charge is 0.318 e. The lowest BCUT2D eigenvalue weighted by Crippen LogP contribution is -2.49. The largest absolute Gasteiger partial charge is 0.459 e. The molecular formula is C17H27NO5S. The number of likely N-dealkylation sites (tertiary alicyclic amines) is 1. The molecule has 1 aliphatic heterocycles. The number of carbonyl (C=O) groups excluding carboxylic acids is 1. The second kappa shape index (κ2) is 6.98. The molecule has 0 saturated carbocycles. The first-order valence-electron chi connectivity index (χ1n) is 8.29. The van der Waals surface area contributed by atoms with E-state index in [1.54, 1.807) is 32.9 Å². The Balaban J connectivity index is 2.35. The van der Waals surface area contributed by atoms with E-state index in [0.29, 0.717) is 6.54 Å². The van der Waals surface area contributed by atoms with Crippen molar-refractivity contribution < 1.29 is 22.5 Å². The van der Waals surface area contributed by atoms with Crippen molar-refractivity contribution in [3.05, 3.63) is 24.3 Å². The molecule has 2 rings (SSSR count). The van der Waals surface area contributed by atoms with Gasteiger partial charge in [-0.2, -0.15) is 8.42 Å². The molecule has 136 valence electrons. The van der Waals surface area contributed by atoms with Gasteiger partial charge < -0.3 is 9.64 Å². The molecule has 1 fully saturated rings. The van der Waals surface area contributed by atoms with Gasteiger partial charge >= 0.3 is 5.97 Å². The average molecular weight is 357 g/mol. The molecule has 0 aromatic carbocycles. The van der Waals surface area contributed by atoms with Gasteiger partial charge in [-0.05, 0) is 46.7 Å². The summed E-state index contributed by atoms with van der Waals surface area (Å²) in [4.78, 5) is 15.1. The zero-order chi connectivity index (χ0) is 18.0. The SMILES string of the molecule is CC(C)(C)OC(=O)C1(CS(=O)(=O)O)C=CC=C[C@@H]1CN1CCCC1. The Morgan fingerprint density at radius 3 is 2.46 bits per heavy atom. The molecule has 1 unspecified atom stereocenters. The molecule has 1 heterocycles. The maximum absolute atomic E-state index is 12.9. The van der Waals surface area contributed by atoms with E-state index in [2.05, 4.69) is 4.90 Å². The Bertz CT molecular complexity index is 626. The van der Waals surface area contributed by atoms with Crippen molar-refractivity contribution >= 4 is 16.1 Å². The number of hydrogen-bond acceptors (Lipinski definition) is 5. The molecule has 2 atom stereocenters. The van der Waals surface area contributed by atoms with Crippen molar-refractivity contribution in [1.29, 1.82) is 0 Å². The summed E-state index contributed by atoms with van der Waals surface area (Å²) in [5, 5.41) is 0. The molecule has 1 N–H and O–H groups in total. The van der Waals surface area contributed by atoms with Gasteiger partial charge in [0.25, 0.3) is 10.1 Å². The Hall–Kier alpha value is -1.18. The van der Waals surface area contributed by atoms with Gasteiger partial charge in [0.2, 0.25) is 0 Å². The van der Waals surface area contributed by atoms with Crippen LogP contribution in [0.2, 0.25) is 0 Å². The number of rotatable bonds is 5. The summed E-state index contributed by atoms with van der Waals surface area (Å²) in [5.74, 6) is -1.65. The summed E-state index contributed by atoms with van der Waals surface area (Å²) < 4.78 is 38.2. The maximum atomic E-state index is 12.9. The fourth-order valence-electron chi connectivity index (χ4n) is 3.30. The van der Waals surface area contributed by atoms with Gasteiger partial charge in [-0.25, -0.2) is 0 Å². The minimum atomic E-state index is -4.35. The van der Waals surface area contributed by atoms with Gasteiger partial charge in [0, 0.05) is 12.5 Å². The Labute approximate surface area is 144 Å². The monoisotopic (exact) mass is 357 g/mol. The fourth-order valence-corrected chi connectivity index (χ4v) is 4.33. The van der Waals surface area contributed by atoms with E-state index in [1.807, 2.05) is 12.2 Å². The van der Waals surface area contributed by atoms with E-state index in [4.69, 9.17) is 4.74 Å². The van der Waals surface area contributed by atoms with Gasteiger partial charge in [0.15, 0.2) is 0 Å². The highest BCUT2D eigenvalue weighted by Gasteiger charge is 2.49. The van der Waals surface area contributed by atoms with E-state index in [9.17, 15) is 17.8 Å². The van der Waals surface area contributed by atoms with Crippen LogP contribution in [0.1, 0.15) is 33.6 Å². The predicted octanol–water partition coefficient (Wildman–Crippen LogP) is 2.04. The molecule has 1 saturated heterocycles. The number of carbonyl (C=O) groups is 1. The van der Waals surface area contributed by atoms with Crippen LogP contribution in [-0.2, 0) is 19.6 Å². The zero-order valence-corrected chi connectivity index (χ0v) is 15.4. The second-order valence-electron chi connectivity index (χ2n) is 7.63. The third-order valence-corrected chi connectivity index (χ3v) is 5.21. The summed E-state index contributed by atoms with van der Waals surface area (Å²) in [7, 11) is -4.35. The quantitative estimate of drug-likeness (QED) is 0.599. The lowest BCUT2D eigenvalue weighted by Gasteiger charge is -2.39. The van der Waals surface area contributed by atoms with Crippen LogP contribution >= 0.6 is 0 Å². The Morgan fingerprint density at radius 1 is 1.29 bits per heavy atom. The lowest BCUT2D eigenvalue weighted by atomic mass is 9.73. The molecule has 0 bridgehead atoms. The minimum Gasteiger partial charge on any atom is -0.459 e. The van der Waals surface area contributed by atoms with E-state index < -0.39 is 32.9 Å². The standard InChI is InChI=1S/C17H27NO5S/c1-16(2,3)23-15(19)17(13-24(20,21)22)9-5-4-8-14(17)12-18-10-6-7-11-18/h4-5,8-9,14H,6-7,10-13H2,1-3H3,(H,20,21,22)/t14-,17?/m1/s1. The summed E-state index contributed by atoms with van der Waals surface area (Å²) in [6.07, 6.45) is 9.07. The lowest BCUT2D eigenvalue weighted by molar-refractivity contribution is -0.165. The molecule has 1 aliphatic carbocycles. The normalized spacial score (nSPS) is 28.2. The molecule has 0 aromatic rings. The van der Waals surface area contributed by atoms with Crippen LogP contribution in [-0.4, -0.2) is 54.8 Å². The number of hydrogen-bond donors (Lipinski definition) is 1. The highest BCUT2D eigenvalue weighted by molar-refractivity contribution is 7.85. The van der Waals surface area contributed by atoms with Gasteiger partial charge in [-0.1, -0.05) is 24.3 Å². The van der Waals surface area contributed by atoms with Crippen molar-refractivity contribution in [3.63, 3.8) is 0 Å². The third-order valence-electron chi connectivity index (χ3n) is 4.36.